The fourth-order valence-corrected chi connectivity index (χ4v) is 17.1. The third-order valence-corrected chi connectivity index (χ3v) is 24.3. The number of H-pyrrole nitrogens is 1. The minimum Gasteiger partial charge on any atom is -0.497 e. The maximum atomic E-state index is 13.4. The Morgan fingerprint density at radius 2 is 0.985 bits per heavy atom. The number of para-hydroxylation sites is 1. The number of methoxy groups -OCH3 is 1. The van der Waals surface area contributed by atoms with Crippen molar-refractivity contribution in [1.82, 2.24) is 18.7 Å². The highest BCUT2D eigenvalue weighted by Gasteiger charge is 2.41. The number of ketones is 2. The van der Waals surface area contributed by atoms with Crippen LogP contribution in [0.1, 0.15) is 145 Å². The third-order valence-electron chi connectivity index (χ3n) is 20.1. The summed E-state index contributed by atoms with van der Waals surface area (Å²) in [6, 6.07) is 39.5. The molecule has 6 atom stereocenters. The average Bonchev–Trinajstić information content (AvgIpc) is 1.60. The second kappa shape index (κ2) is 48.9. The SMILES string of the molecule is C.CCc1cccc2c3c([nH]c12)C(CC)(CC(=O)SCC(CO[N+](=O)[O-])O[N+](=O)[O-])COC3.COc1ccc2c(c1)c(CC(=O)SCC(CO[N+](=O)[O-])O[N+](=O)[O-])c(C)n2C(=O)c1ccc(C)cc1.Cc1ccc(C(=O)c2ccc(CC(=O)SCC(CO[N+](=O)[O-])O[N+](=O)[O-])n2C)cc1.Cc1ccc(C(=O)c2ccc3n2CCC3C(=O)SCC(CO[N+](=O)[O-])O[N+](=O)[O-])cc1. The fourth-order valence-electron chi connectivity index (χ4n) is 13.7. The number of fused-ring (bicyclic) bond motifs is 5. The van der Waals surface area contributed by atoms with E-state index in [1.54, 1.807) is 97.4 Å². The van der Waals surface area contributed by atoms with Gasteiger partial charge in [-0.2, -0.15) is 0 Å². The molecule has 45 nitrogen and oxygen atoms in total. The van der Waals surface area contributed by atoms with Crippen molar-refractivity contribution in [2.24, 2.45) is 7.05 Å². The first-order valence-corrected chi connectivity index (χ1v) is 42.8. The minimum atomic E-state index is -1.31. The van der Waals surface area contributed by atoms with Crippen molar-refractivity contribution in [1.29, 1.82) is 0 Å². The number of ether oxygens (including phenoxy) is 2. The van der Waals surface area contributed by atoms with Crippen molar-refractivity contribution in [2.75, 3.05) is 63.2 Å². The molecular formula is C81H90N12O33S4. The number of hydrogen-bond donors (Lipinski definition) is 1. The van der Waals surface area contributed by atoms with Gasteiger partial charge in [0.1, 0.15) is 56.6 Å². The molecule has 2 aliphatic rings. The van der Waals surface area contributed by atoms with Crippen molar-refractivity contribution in [3.63, 3.8) is 0 Å². The summed E-state index contributed by atoms with van der Waals surface area (Å²) >= 11 is 3.07. The number of aromatic amines is 1. The quantitative estimate of drug-likeness (QED) is 0.0211. The normalized spacial score (nSPS) is 14.2. The molecule has 696 valence electrons. The Morgan fingerprint density at radius 3 is 1.45 bits per heavy atom. The van der Waals surface area contributed by atoms with Crippen LogP contribution < -0.4 is 4.74 Å². The van der Waals surface area contributed by atoms with Crippen LogP contribution in [0.4, 0.5) is 0 Å². The van der Waals surface area contributed by atoms with E-state index in [0.29, 0.717) is 100.0 Å². The van der Waals surface area contributed by atoms with Crippen LogP contribution in [0.3, 0.4) is 0 Å². The number of nitrogens with zero attached hydrogens (tertiary/aromatic N) is 11. The molecule has 4 aromatic heterocycles. The number of carbonyl (C=O) groups excluding carboxylic acids is 7. The molecule has 11 rings (SSSR count). The smallest absolute Gasteiger partial charge is 0.294 e. The molecule has 0 fully saturated rings. The number of hydrogen-bond acceptors (Lipinski definition) is 37. The van der Waals surface area contributed by atoms with E-state index in [-0.39, 0.29) is 87.6 Å². The van der Waals surface area contributed by atoms with Crippen molar-refractivity contribution in [3.8, 4) is 5.75 Å². The zero-order chi connectivity index (χ0) is 94.5. The molecule has 5 aromatic carbocycles. The Balaban J connectivity index is 0.000000237. The van der Waals surface area contributed by atoms with Crippen molar-refractivity contribution in [3.05, 3.63) is 299 Å². The van der Waals surface area contributed by atoms with Crippen LogP contribution in [-0.4, -0.2) is 185 Å². The van der Waals surface area contributed by atoms with Crippen LogP contribution in [0.5, 0.6) is 5.75 Å². The standard InChI is InChI=1S/C23H23N3O9S.C20H25N3O8S.C19H19N3O8S.C18H19N3O8S.CH4/c1-14-4-6-16(7-5-14)23(28)24-15(2)19(20-10-17(33-3)8-9-21(20)24)11-22(27)36-13-18(35-26(31)32)12-34-25(29)30;1-3-13-6-5-7-15-16-10-29-12-20(4-2,19(16)21-18(13)15)8-17(24)32-11-14(31-23(27)28)9-30-22(25)26;1-12-2-4-13(5-3-12)18(23)17-7-6-16-15(8-9-20(16)17)19(24)31-11-14(30-22(27)28)10-29-21(25)26;1-12-3-5-13(6-4-12)18(23)16-8-7-14(19(16)2)9-17(22)30-11-15(29-21(26)27)10-28-20(24)25;/h4-10,18H,11-13H2,1-3H3;5-7,14,21H,3-4,8-12H2,1-2H3;2-7,14-15H,8-11H2,1H3;3-8,15H,9-11H2,1-2H3;1H4. The summed E-state index contributed by atoms with van der Waals surface area (Å²) in [5.41, 5.74) is 12.3. The first-order chi connectivity index (χ1) is 61.3. The lowest BCUT2D eigenvalue weighted by molar-refractivity contribution is -0.788. The van der Waals surface area contributed by atoms with Crippen LogP contribution in [-0.2, 0) is 107 Å². The van der Waals surface area contributed by atoms with E-state index in [1.807, 2.05) is 80.8 Å². The molecule has 130 heavy (non-hydrogen) atoms. The summed E-state index contributed by atoms with van der Waals surface area (Å²) in [7, 11) is 3.17. The zero-order valence-corrected chi connectivity index (χ0v) is 73.4. The Kier molecular flexibility index (Phi) is 38.9. The molecule has 0 bridgehead atoms. The first-order valence-electron chi connectivity index (χ1n) is 38.9. The number of aromatic nitrogens is 4. The number of nitrogens with one attached hydrogen (secondary N) is 1. The lowest BCUT2D eigenvalue weighted by Gasteiger charge is -2.36. The molecule has 49 heteroatoms. The zero-order valence-electron chi connectivity index (χ0n) is 70.1. The second-order valence-corrected chi connectivity index (χ2v) is 32.9. The third kappa shape index (κ3) is 29.4. The van der Waals surface area contributed by atoms with Gasteiger partial charge in [0.15, 0.2) is 20.5 Å². The Labute approximate surface area is 754 Å². The number of rotatable bonds is 43. The van der Waals surface area contributed by atoms with Gasteiger partial charge in [-0.05, 0) is 113 Å². The number of thioether (sulfide) groups is 4. The van der Waals surface area contributed by atoms with Gasteiger partial charge in [-0.15, -0.1) is 80.9 Å². The highest BCUT2D eigenvalue weighted by atomic mass is 32.2. The van der Waals surface area contributed by atoms with E-state index in [0.717, 1.165) is 92.3 Å². The highest BCUT2D eigenvalue weighted by Crippen LogP contribution is 2.43. The van der Waals surface area contributed by atoms with Crippen LogP contribution >= 0.6 is 47.0 Å². The summed E-state index contributed by atoms with van der Waals surface area (Å²) in [5.74, 6) is -1.29. The predicted octanol–water partition coefficient (Wildman–Crippen LogP) is 12.2. The molecule has 1 N–H and O–H groups in total. The van der Waals surface area contributed by atoms with Gasteiger partial charge in [0.2, 0.25) is 11.6 Å². The van der Waals surface area contributed by atoms with Crippen molar-refractivity contribution >= 4 is 107 Å². The van der Waals surface area contributed by atoms with E-state index < -0.39 is 103 Å². The van der Waals surface area contributed by atoms with Gasteiger partial charge in [0.25, 0.3) is 46.6 Å². The Hall–Kier alpha value is -13.8. The van der Waals surface area contributed by atoms with Gasteiger partial charge in [0, 0.05) is 116 Å². The van der Waals surface area contributed by atoms with Crippen LogP contribution in [0.2, 0.25) is 0 Å². The lowest BCUT2D eigenvalue weighted by Crippen LogP contribution is -2.38. The first kappa shape index (κ1) is 103. The summed E-state index contributed by atoms with van der Waals surface area (Å²) < 4.78 is 16.2. The monoisotopic (exact) mass is 1890 g/mol. The number of benzene rings is 5. The molecule has 2 aliphatic heterocycles. The summed E-state index contributed by atoms with van der Waals surface area (Å²) in [6.45, 7) is 10.2. The Bertz CT molecular complexity index is 5610. The molecule has 0 amide bonds. The van der Waals surface area contributed by atoms with E-state index in [1.165, 1.54) is 17.2 Å². The number of carbonyl (C=O) groups is 7. The minimum absolute atomic E-state index is 0. The molecular weight excluding hydrogens is 1800 g/mol. The van der Waals surface area contributed by atoms with Crippen LogP contribution in [0.25, 0.3) is 21.8 Å². The van der Waals surface area contributed by atoms with E-state index in [4.69, 9.17) is 9.47 Å². The maximum absolute atomic E-state index is 13.4. The second-order valence-electron chi connectivity index (χ2n) is 28.6. The molecule has 9 aromatic rings. The van der Waals surface area contributed by atoms with Gasteiger partial charge in [-0.1, -0.05) is 164 Å². The van der Waals surface area contributed by atoms with Crippen LogP contribution in [0.15, 0.2) is 133 Å². The molecule has 0 saturated carbocycles. The molecule has 0 radical (unpaired) electrons. The van der Waals surface area contributed by atoms with Gasteiger partial charge in [-0.3, -0.25) is 38.1 Å². The van der Waals surface area contributed by atoms with Crippen LogP contribution in [0, 0.1) is 109 Å². The summed E-state index contributed by atoms with van der Waals surface area (Å²) in [4.78, 5) is 211. The van der Waals surface area contributed by atoms with Gasteiger partial charge in [-0.25, -0.2) is 0 Å². The predicted molar refractivity (Wildman–Crippen MR) is 468 cm³/mol. The molecule has 6 heterocycles. The number of aryl methyl sites for hydroxylation is 4. The highest BCUT2D eigenvalue weighted by molar-refractivity contribution is 8.14. The van der Waals surface area contributed by atoms with E-state index in [9.17, 15) is 114 Å². The van der Waals surface area contributed by atoms with Crippen molar-refractivity contribution < 1.29 is 122 Å². The maximum Gasteiger partial charge on any atom is 0.294 e. The van der Waals surface area contributed by atoms with E-state index in [2.05, 4.69) is 56.7 Å². The summed E-state index contributed by atoms with van der Waals surface area (Å²) in [6.07, 6.45) is -3.06. The largest absolute Gasteiger partial charge is 0.497 e. The van der Waals surface area contributed by atoms with Gasteiger partial charge < -0.3 is 62.3 Å². The lowest BCUT2D eigenvalue weighted by atomic mass is 9.77. The average molecular weight is 1890 g/mol. The molecule has 0 aliphatic carbocycles. The molecule has 0 saturated heterocycles. The van der Waals surface area contributed by atoms with E-state index >= 15 is 0 Å². The topological polar surface area (TPSA) is 587 Å². The van der Waals surface area contributed by atoms with Gasteiger partial charge in [0.05, 0.1) is 49.6 Å². The fraction of sp³-hybridized carbons (Fsp3) is 0.395. The Morgan fingerprint density at radius 1 is 0.531 bits per heavy atom. The molecule has 6 unspecified atom stereocenters. The molecule has 0 spiro atoms. The van der Waals surface area contributed by atoms with Gasteiger partial charge >= 0.3 is 0 Å². The summed E-state index contributed by atoms with van der Waals surface area (Å²) in [5, 5.41) is 75.5. The van der Waals surface area contributed by atoms with Crippen molar-refractivity contribution in [2.45, 2.75) is 136 Å².